The van der Waals surface area contributed by atoms with Crippen molar-refractivity contribution < 1.29 is 0 Å². The molecular weight excluding hydrogens is 256 g/mol. The van der Waals surface area contributed by atoms with Crippen LogP contribution in [-0.4, -0.2) is 11.5 Å². The summed E-state index contributed by atoms with van der Waals surface area (Å²) in [5.74, 6) is 1.70. The number of benzene rings is 1. The van der Waals surface area contributed by atoms with Crippen LogP contribution in [0.1, 0.15) is 51.1 Å². The van der Waals surface area contributed by atoms with E-state index in [2.05, 4.69) is 48.4 Å². The molecule has 0 spiro atoms. The Hall–Kier alpha value is -1.41. The molecule has 0 saturated heterocycles. The summed E-state index contributed by atoms with van der Waals surface area (Å²) >= 11 is 0. The quantitative estimate of drug-likeness (QED) is 0.859. The Morgan fingerprint density at radius 2 is 2.14 bits per heavy atom. The lowest BCUT2D eigenvalue weighted by molar-refractivity contribution is 0.361. The Balaban J connectivity index is 1.96. The van der Waals surface area contributed by atoms with Gasteiger partial charge in [0.25, 0.3) is 0 Å². The van der Waals surface area contributed by atoms with E-state index in [9.17, 15) is 0 Å². The summed E-state index contributed by atoms with van der Waals surface area (Å²) in [7, 11) is 0. The number of rotatable bonds is 5. The van der Waals surface area contributed by atoms with Crippen molar-refractivity contribution in [2.45, 2.75) is 45.6 Å². The molecule has 21 heavy (non-hydrogen) atoms. The predicted octanol–water partition coefficient (Wildman–Crippen LogP) is 4.71. The smallest absolute Gasteiger partial charge is 0.0354 e. The van der Waals surface area contributed by atoms with E-state index < -0.39 is 0 Å². The van der Waals surface area contributed by atoms with Crippen molar-refractivity contribution in [1.29, 1.82) is 0 Å². The Labute approximate surface area is 128 Å². The molecule has 1 heterocycles. The number of fused-ring (bicyclic) bond motifs is 1. The second-order valence-corrected chi connectivity index (χ2v) is 6.33. The first-order chi connectivity index (χ1) is 10.3. The van der Waals surface area contributed by atoms with E-state index in [4.69, 9.17) is 0 Å². The highest BCUT2D eigenvalue weighted by molar-refractivity contribution is 5.85. The Morgan fingerprint density at radius 1 is 1.24 bits per heavy atom. The van der Waals surface area contributed by atoms with Crippen molar-refractivity contribution in [2.75, 3.05) is 6.54 Å². The highest BCUT2D eigenvalue weighted by atomic mass is 14.9. The largest absolute Gasteiger partial charge is 0.310 e. The molecule has 1 aliphatic rings. The normalized spacial score (nSPS) is 23.5. The Morgan fingerprint density at radius 3 is 2.90 bits per heavy atom. The second kappa shape index (κ2) is 6.57. The number of pyridine rings is 1. The fourth-order valence-electron chi connectivity index (χ4n) is 3.96. The maximum absolute atomic E-state index is 4.26. The molecule has 0 aliphatic heterocycles. The van der Waals surface area contributed by atoms with Crippen LogP contribution in [0.4, 0.5) is 0 Å². The van der Waals surface area contributed by atoms with Crippen LogP contribution < -0.4 is 5.32 Å². The molecule has 2 heteroatoms. The summed E-state index contributed by atoms with van der Waals surface area (Å²) in [6, 6.07) is 9.29. The minimum Gasteiger partial charge on any atom is -0.310 e. The summed E-state index contributed by atoms with van der Waals surface area (Å²) < 4.78 is 0. The van der Waals surface area contributed by atoms with E-state index in [1.54, 1.807) is 0 Å². The van der Waals surface area contributed by atoms with Crippen LogP contribution in [0.15, 0.2) is 36.7 Å². The molecule has 3 rings (SSSR count). The first kappa shape index (κ1) is 14.5. The van der Waals surface area contributed by atoms with E-state index in [0.29, 0.717) is 6.04 Å². The lowest BCUT2D eigenvalue weighted by atomic mass is 9.88. The van der Waals surface area contributed by atoms with Crippen molar-refractivity contribution in [3.05, 3.63) is 42.2 Å². The van der Waals surface area contributed by atoms with Gasteiger partial charge < -0.3 is 5.32 Å². The van der Waals surface area contributed by atoms with Crippen molar-refractivity contribution in [1.82, 2.24) is 10.3 Å². The summed E-state index contributed by atoms with van der Waals surface area (Å²) in [6.45, 7) is 5.57. The van der Waals surface area contributed by atoms with Crippen molar-refractivity contribution in [3.63, 3.8) is 0 Å². The van der Waals surface area contributed by atoms with Gasteiger partial charge in [-0.15, -0.1) is 0 Å². The SMILES string of the molecule is CCNC(c1cccc2cnccc12)C1CCC(CC)C1. The fraction of sp³-hybridized carbons (Fsp3) is 0.526. The summed E-state index contributed by atoms with van der Waals surface area (Å²) in [4.78, 5) is 4.26. The van der Waals surface area contributed by atoms with Gasteiger partial charge in [0, 0.05) is 23.8 Å². The van der Waals surface area contributed by atoms with E-state index in [-0.39, 0.29) is 0 Å². The molecule has 0 radical (unpaired) electrons. The third-order valence-corrected chi connectivity index (χ3v) is 5.10. The third kappa shape index (κ3) is 2.96. The van der Waals surface area contributed by atoms with Crippen molar-refractivity contribution >= 4 is 10.8 Å². The first-order valence-electron chi connectivity index (χ1n) is 8.39. The van der Waals surface area contributed by atoms with Gasteiger partial charge >= 0.3 is 0 Å². The molecular formula is C19H26N2. The summed E-state index contributed by atoms with van der Waals surface area (Å²) in [5.41, 5.74) is 1.46. The maximum atomic E-state index is 4.26. The average molecular weight is 282 g/mol. The monoisotopic (exact) mass is 282 g/mol. The van der Waals surface area contributed by atoms with Crippen LogP contribution in [0.2, 0.25) is 0 Å². The molecule has 0 amide bonds. The average Bonchev–Trinajstić information content (AvgIpc) is 3.01. The zero-order chi connectivity index (χ0) is 14.7. The molecule has 2 nitrogen and oxygen atoms in total. The van der Waals surface area contributed by atoms with Crippen LogP contribution >= 0.6 is 0 Å². The maximum Gasteiger partial charge on any atom is 0.0354 e. The molecule has 1 N–H and O–H groups in total. The number of hydrogen-bond donors (Lipinski definition) is 1. The zero-order valence-corrected chi connectivity index (χ0v) is 13.2. The van der Waals surface area contributed by atoms with Gasteiger partial charge in [0.1, 0.15) is 0 Å². The van der Waals surface area contributed by atoms with E-state index in [1.807, 2.05) is 12.4 Å². The number of nitrogens with zero attached hydrogens (tertiary/aromatic N) is 1. The molecule has 1 aromatic heterocycles. The predicted molar refractivity (Wildman–Crippen MR) is 89.3 cm³/mol. The molecule has 1 aromatic carbocycles. The molecule has 3 atom stereocenters. The molecule has 1 saturated carbocycles. The topological polar surface area (TPSA) is 24.9 Å². The van der Waals surface area contributed by atoms with E-state index in [1.165, 1.54) is 42.0 Å². The van der Waals surface area contributed by atoms with Gasteiger partial charge in [-0.3, -0.25) is 4.98 Å². The molecule has 1 aliphatic carbocycles. The Bertz CT molecular complexity index is 588. The number of hydrogen-bond acceptors (Lipinski definition) is 2. The van der Waals surface area contributed by atoms with Gasteiger partial charge in [-0.2, -0.15) is 0 Å². The second-order valence-electron chi connectivity index (χ2n) is 6.33. The van der Waals surface area contributed by atoms with Gasteiger partial charge in [-0.05, 0) is 48.2 Å². The van der Waals surface area contributed by atoms with Gasteiger partial charge in [-0.1, -0.05) is 44.9 Å². The molecule has 112 valence electrons. The van der Waals surface area contributed by atoms with Gasteiger partial charge in [0.15, 0.2) is 0 Å². The first-order valence-corrected chi connectivity index (χ1v) is 8.39. The van der Waals surface area contributed by atoms with Crippen LogP contribution in [0.25, 0.3) is 10.8 Å². The highest BCUT2D eigenvalue weighted by Crippen LogP contribution is 2.41. The molecule has 1 fully saturated rings. The van der Waals surface area contributed by atoms with Crippen LogP contribution in [0, 0.1) is 11.8 Å². The highest BCUT2D eigenvalue weighted by Gasteiger charge is 2.31. The zero-order valence-electron chi connectivity index (χ0n) is 13.2. The fourth-order valence-corrected chi connectivity index (χ4v) is 3.96. The minimum atomic E-state index is 0.484. The van der Waals surface area contributed by atoms with Crippen molar-refractivity contribution in [2.24, 2.45) is 11.8 Å². The Kier molecular flexibility index (Phi) is 4.54. The standard InChI is InChI=1S/C19H26N2/c1-3-14-8-9-15(12-14)19(21-4-2)18-7-5-6-16-13-20-11-10-17(16)18/h5-7,10-11,13-15,19,21H,3-4,8-9,12H2,1-2H3. The van der Waals surface area contributed by atoms with Crippen LogP contribution in [0.3, 0.4) is 0 Å². The summed E-state index contributed by atoms with van der Waals surface area (Å²) in [6.07, 6.45) is 9.35. The van der Waals surface area contributed by atoms with Gasteiger partial charge in [-0.25, -0.2) is 0 Å². The van der Waals surface area contributed by atoms with Gasteiger partial charge in [0.05, 0.1) is 0 Å². The minimum absolute atomic E-state index is 0.484. The lowest BCUT2D eigenvalue weighted by Gasteiger charge is -2.26. The summed E-state index contributed by atoms with van der Waals surface area (Å²) in [5, 5.41) is 6.37. The number of nitrogens with one attached hydrogen (secondary N) is 1. The number of aromatic nitrogens is 1. The van der Waals surface area contributed by atoms with E-state index in [0.717, 1.165) is 18.4 Å². The van der Waals surface area contributed by atoms with E-state index >= 15 is 0 Å². The van der Waals surface area contributed by atoms with Crippen LogP contribution in [-0.2, 0) is 0 Å². The lowest BCUT2D eigenvalue weighted by Crippen LogP contribution is -2.27. The molecule has 2 aromatic rings. The third-order valence-electron chi connectivity index (χ3n) is 5.10. The molecule has 0 bridgehead atoms. The molecule has 3 unspecified atom stereocenters. The van der Waals surface area contributed by atoms with Crippen LogP contribution in [0.5, 0.6) is 0 Å². The van der Waals surface area contributed by atoms with Gasteiger partial charge in [0.2, 0.25) is 0 Å². The van der Waals surface area contributed by atoms with Crippen molar-refractivity contribution in [3.8, 4) is 0 Å².